The number of carbonyl (C=O) groups excluding carboxylic acids is 1. The van der Waals surface area contributed by atoms with Crippen molar-refractivity contribution in [3.05, 3.63) is 0 Å². The van der Waals surface area contributed by atoms with Crippen LogP contribution >= 0.6 is 0 Å². The van der Waals surface area contributed by atoms with Crippen LogP contribution in [0, 0.1) is 0 Å². The summed E-state index contributed by atoms with van der Waals surface area (Å²) in [7, 11) is 0. The molecular weight excluding hydrogens is 242 g/mol. The Bertz CT molecular complexity index is 286. The number of nitrogens with zero attached hydrogens (tertiary/aromatic N) is 2. The third kappa shape index (κ3) is 4.75. The molecule has 1 unspecified atom stereocenters. The number of rotatable bonds is 7. The molecule has 0 spiro atoms. The van der Waals surface area contributed by atoms with Crippen LogP contribution in [0.25, 0.3) is 0 Å². The lowest BCUT2D eigenvalue weighted by atomic mass is 10.2. The molecule has 1 amide bonds. The number of carbonyl (C=O) groups is 1. The summed E-state index contributed by atoms with van der Waals surface area (Å²) in [6.45, 7) is 10.7. The first-order valence-corrected chi connectivity index (χ1v) is 7.55. The zero-order valence-corrected chi connectivity index (χ0v) is 12.2. The van der Waals surface area contributed by atoms with Crippen molar-refractivity contribution in [2.75, 3.05) is 45.9 Å². The third-order valence-electron chi connectivity index (χ3n) is 4.01. The van der Waals surface area contributed by atoms with Crippen molar-refractivity contribution in [3.8, 4) is 0 Å². The van der Waals surface area contributed by atoms with Crippen LogP contribution in [-0.2, 0) is 9.53 Å². The van der Waals surface area contributed by atoms with Crippen molar-refractivity contribution in [2.45, 2.75) is 38.8 Å². The molecule has 0 bridgehead atoms. The molecule has 1 aliphatic carbocycles. The summed E-state index contributed by atoms with van der Waals surface area (Å²) in [5, 5.41) is 3.09. The van der Waals surface area contributed by atoms with Crippen LogP contribution in [0.4, 0.5) is 0 Å². The normalized spacial score (nSPS) is 23.3. The molecule has 1 atom stereocenters. The Hall–Kier alpha value is -0.650. The standard InChI is InChI=1S/C14H27N3O2/c1-3-19-11-10-16-6-8-17(9-7-16)12(2)14(18)15-13-4-5-13/h12-13H,3-11H2,1-2H3,(H,15,18). The predicted octanol–water partition coefficient (Wildman–Crippen LogP) is 0.308. The van der Waals surface area contributed by atoms with Crippen LogP contribution in [0.3, 0.4) is 0 Å². The predicted molar refractivity (Wildman–Crippen MR) is 75.1 cm³/mol. The van der Waals surface area contributed by atoms with Gasteiger partial charge >= 0.3 is 0 Å². The Morgan fingerprint density at radius 1 is 1.32 bits per heavy atom. The van der Waals surface area contributed by atoms with Crippen LogP contribution in [0.1, 0.15) is 26.7 Å². The third-order valence-corrected chi connectivity index (χ3v) is 4.01. The zero-order valence-electron chi connectivity index (χ0n) is 12.2. The van der Waals surface area contributed by atoms with Crippen molar-refractivity contribution < 1.29 is 9.53 Å². The van der Waals surface area contributed by atoms with Gasteiger partial charge in [0.05, 0.1) is 12.6 Å². The van der Waals surface area contributed by atoms with Crippen molar-refractivity contribution in [2.24, 2.45) is 0 Å². The van der Waals surface area contributed by atoms with E-state index in [1.165, 1.54) is 0 Å². The molecule has 19 heavy (non-hydrogen) atoms. The van der Waals surface area contributed by atoms with Crippen LogP contribution in [0.15, 0.2) is 0 Å². The lowest BCUT2D eigenvalue weighted by Crippen LogP contribution is -2.54. The Morgan fingerprint density at radius 3 is 2.58 bits per heavy atom. The minimum atomic E-state index is 0.00893. The van der Waals surface area contributed by atoms with E-state index >= 15 is 0 Å². The molecule has 2 fully saturated rings. The summed E-state index contributed by atoms with van der Waals surface area (Å²) in [4.78, 5) is 16.7. The number of nitrogens with one attached hydrogen (secondary N) is 1. The molecule has 1 saturated carbocycles. The van der Waals surface area contributed by atoms with Crippen LogP contribution in [-0.4, -0.2) is 73.7 Å². The highest BCUT2D eigenvalue weighted by Crippen LogP contribution is 2.19. The maximum Gasteiger partial charge on any atom is 0.237 e. The Kier molecular flexibility index (Phi) is 5.60. The van der Waals surface area contributed by atoms with Gasteiger partial charge in [0.2, 0.25) is 5.91 Å². The lowest BCUT2D eigenvalue weighted by molar-refractivity contribution is -0.126. The SMILES string of the molecule is CCOCCN1CCN(C(C)C(=O)NC2CC2)CC1. The first kappa shape index (κ1) is 14.8. The molecule has 110 valence electrons. The maximum atomic E-state index is 12.0. The van der Waals surface area contributed by atoms with Crippen LogP contribution < -0.4 is 5.32 Å². The molecule has 2 aliphatic rings. The molecule has 2 rings (SSSR count). The van der Waals surface area contributed by atoms with Gasteiger partial charge in [0, 0.05) is 45.4 Å². The summed E-state index contributed by atoms with van der Waals surface area (Å²) in [5.41, 5.74) is 0. The molecule has 1 saturated heterocycles. The minimum absolute atomic E-state index is 0.00893. The molecule has 1 heterocycles. The molecule has 0 radical (unpaired) electrons. The van der Waals surface area contributed by atoms with E-state index in [-0.39, 0.29) is 11.9 Å². The smallest absolute Gasteiger partial charge is 0.237 e. The van der Waals surface area contributed by atoms with E-state index in [0.29, 0.717) is 6.04 Å². The van der Waals surface area contributed by atoms with E-state index in [1.807, 2.05) is 13.8 Å². The van der Waals surface area contributed by atoms with Gasteiger partial charge in [-0.15, -0.1) is 0 Å². The second-order valence-corrected chi connectivity index (χ2v) is 5.53. The van der Waals surface area contributed by atoms with Gasteiger partial charge in [0.25, 0.3) is 0 Å². The largest absolute Gasteiger partial charge is 0.380 e. The lowest BCUT2D eigenvalue weighted by Gasteiger charge is -2.37. The van der Waals surface area contributed by atoms with E-state index in [2.05, 4.69) is 15.1 Å². The Labute approximate surface area is 116 Å². The number of amides is 1. The van der Waals surface area contributed by atoms with Gasteiger partial charge in [-0.25, -0.2) is 0 Å². The molecule has 5 heteroatoms. The topological polar surface area (TPSA) is 44.8 Å². The van der Waals surface area contributed by atoms with Crippen LogP contribution in [0.2, 0.25) is 0 Å². The van der Waals surface area contributed by atoms with Gasteiger partial charge in [0.1, 0.15) is 0 Å². The molecular formula is C14H27N3O2. The zero-order chi connectivity index (χ0) is 13.7. The molecule has 1 N–H and O–H groups in total. The van der Waals surface area contributed by atoms with Crippen LogP contribution in [0.5, 0.6) is 0 Å². The van der Waals surface area contributed by atoms with Crippen molar-refractivity contribution >= 4 is 5.91 Å². The molecule has 0 aromatic rings. The summed E-state index contributed by atoms with van der Waals surface area (Å²) in [6, 6.07) is 0.470. The molecule has 1 aliphatic heterocycles. The molecule has 0 aromatic heterocycles. The van der Waals surface area contributed by atoms with Gasteiger partial charge < -0.3 is 10.1 Å². The number of ether oxygens (including phenoxy) is 1. The first-order valence-electron chi connectivity index (χ1n) is 7.55. The summed E-state index contributed by atoms with van der Waals surface area (Å²) < 4.78 is 5.38. The average molecular weight is 269 g/mol. The summed E-state index contributed by atoms with van der Waals surface area (Å²) in [6.07, 6.45) is 2.31. The second-order valence-electron chi connectivity index (χ2n) is 5.53. The number of piperazine rings is 1. The van der Waals surface area contributed by atoms with Gasteiger partial charge in [-0.2, -0.15) is 0 Å². The molecule has 0 aromatic carbocycles. The van der Waals surface area contributed by atoms with Crippen molar-refractivity contribution in [1.82, 2.24) is 15.1 Å². The average Bonchev–Trinajstić information content (AvgIpc) is 3.23. The minimum Gasteiger partial charge on any atom is -0.380 e. The van der Waals surface area contributed by atoms with Gasteiger partial charge in [-0.05, 0) is 26.7 Å². The highest BCUT2D eigenvalue weighted by molar-refractivity contribution is 5.81. The van der Waals surface area contributed by atoms with Gasteiger partial charge in [0.15, 0.2) is 0 Å². The van der Waals surface area contributed by atoms with E-state index in [0.717, 1.165) is 58.8 Å². The maximum absolute atomic E-state index is 12.0. The van der Waals surface area contributed by atoms with E-state index < -0.39 is 0 Å². The second kappa shape index (κ2) is 7.22. The Balaban J connectivity index is 1.65. The number of hydrogen-bond donors (Lipinski definition) is 1. The number of hydrogen-bond acceptors (Lipinski definition) is 4. The van der Waals surface area contributed by atoms with E-state index in [9.17, 15) is 4.79 Å². The van der Waals surface area contributed by atoms with E-state index in [4.69, 9.17) is 4.74 Å². The monoisotopic (exact) mass is 269 g/mol. The fourth-order valence-corrected chi connectivity index (χ4v) is 2.43. The fraction of sp³-hybridized carbons (Fsp3) is 0.929. The summed E-state index contributed by atoms with van der Waals surface area (Å²) in [5.74, 6) is 0.199. The van der Waals surface area contributed by atoms with E-state index in [1.54, 1.807) is 0 Å². The highest BCUT2D eigenvalue weighted by atomic mass is 16.5. The highest BCUT2D eigenvalue weighted by Gasteiger charge is 2.29. The quantitative estimate of drug-likeness (QED) is 0.676. The summed E-state index contributed by atoms with van der Waals surface area (Å²) >= 11 is 0. The molecule has 5 nitrogen and oxygen atoms in total. The Morgan fingerprint density at radius 2 is 2.00 bits per heavy atom. The van der Waals surface area contributed by atoms with Crippen molar-refractivity contribution in [1.29, 1.82) is 0 Å². The fourth-order valence-electron chi connectivity index (χ4n) is 2.43. The van der Waals surface area contributed by atoms with Crippen molar-refractivity contribution in [3.63, 3.8) is 0 Å². The first-order chi connectivity index (χ1) is 9.20. The van der Waals surface area contributed by atoms with Gasteiger partial charge in [-0.3, -0.25) is 14.6 Å². The van der Waals surface area contributed by atoms with Gasteiger partial charge in [-0.1, -0.05) is 0 Å².